The van der Waals surface area contributed by atoms with Gasteiger partial charge < -0.3 is 4.57 Å². The van der Waals surface area contributed by atoms with Crippen LogP contribution in [0.25, 0.3) is 12.2 Å². The molecule has 0 amide bonds. The third-order valence-electron chi connectivity index (χ3n) is 2.01. The highest BCUT2D eigenvalue weighted by atomic mass is 16.6. The van der Waals surface area contributed by atoms with Crippen molar-refractivity contribution in [2.45, 2.75) is 20.8 Å². The number of hydrogen-bond acceptors (Lipinski definition) is 2. The zero-order chi connectivity index (χ0) is 12.7. The van der Waals surface area contributed by atoms with Crippen molar-refractivity contribution in [1.82, 2.24) is 4.57 Å². The van der Waals surface area contributed by atoms with E-state index < -0.39 is 4.92 Å². The average Bonchev–Trinajstić information content (AvgIpc) is 2.63. The van der Waals surface area contributed by atoms with Crippen LogP contribution in [0.2, 0.25) is 0 Å². The van der Waals surface area contributed by atoms with Crippen LogP contribution >= 0.6 is 0 Å². The second-order valence-corrected chi connectivity index (χ2v) is 3.01. The van der Waals surface area contributed by atoms with E-state index in [1.165, 1.54) is 13.0 Å². The van der Waals surface area contributed by atoms with E-state index in [-0.39, 0.29) is 5.70 Å². The molecule has 0 fully saturated rings. The van der Waals surface area contributed by atoms with E-state index in [4.69, 9.17) is 0 Å². The molecule has 0 aliphatic carbocycles. The fourth-order valence-corrected chi connectivity index (χ4v) is 1.17. The van der Waals surface area contributed by atoms with Crippen LogP contribution in [0.1, 0.15) is 32.0 Å². The van der Waals surface area contributed by atoms with Gasteiger partial charge in [-0.3, -0.25) is 10.1 Å². The highest BCUT2D eigenvalue weighted by Gasteiger charge is 2.07. The summed E-state index contributed by atoms with van der Waals surface area (Å²) < 4.78 is 1.82. The van der Waals surface area contributed by atoms with Gasteiger partial charge in [0.2, 0.25) is 5.70 Å². The first-order valence-corrected chi connectivity index (χ1v) is 5.16. The van der Waals surface area contributed by atoms with Crippen LogP contribution in [-0.4, -0.2) is 9.49 Å². The van der Waals surface area contributed by atoms with Crippen LogP contribution in [-0.2, 0) is 7.05 Å². The summed E-state index contributed by atoms with van der Waals surface area (Å²) in [7, 11) is 1.84. The van der Waals surface area contributed by atoms with E-state index >= 15 is 0 Å². The lowest BCUT2D eigenvalue weighted by Crippen LogP contribution is -1.96. The number of hydrogen-bond donors (Lipinski definition) is 0. The Labute approximate surface area is 96.0 Å². The smallest absolute Gasteiger partial charge is 0.245 e. The lowest BCUT2D eigenvalue weighted by Gasteiger charge is -1.98. The molecule has 0 radical (unpaired) electrons. The molecule has 4 heteroatoms. The van der Waals surface area contributed by atoms with Crippen LogP contribution in [0.15, 0.2) is 24.5 Å². The molecule has 1 heterocycles. The number of aryl methyl sites for hydroxylation is 1. The molecular weight excluding hydrogens is 204 g/mol. The van der Waals surface area contributed by atoms with E-state index in [0.717, 1.165) is 11.3 Å². The van der Waals surface area contributed by atoms with Gasteiger partial charge in [-0.2, -0.15) is 0 Å². The molecule has 0 aliphatic heterocycles. The van der Waals surface area contributed by atoms with E-state index in [2.05, 4.69) is 6.58 Å². The first-order valence-electron chi connectivity index (χ1n) is 5.16. The molecular formula is C12H18N2O2. The maximum atomic E-state index is 10.4. The number of nitrogens with zero attached hydrogens (tertiary/aromatic N) is 2. The summed E-state index contributed by atoms with van der Waals surface area (Å²) in [5.41, 5.74) is 1.82. The Morgan fingerprint density at radius 2 is 2.12 bits per heavy atom. The van der Waals surface area contributed by atoms with Crippen LogP contribution in [0, 0.1) is 10.1 Å². The van der Waals surface area contributed by atoms with Gasteiger partial charge in [-0.15, -0.1) is 0 Å². The fourth-order valence-electron chi connectivity index (χ4n) is 1.17. The van der Waals surface area contributed by atoms with Gasteiger partial charge in [0, 0.05) is 26.2 Å². The summed E-state index contributed by atoms with van der Waals surface area (Å²) >= 11 is 0. The SMILES string of the molecule is C=Cc1ccn(C)c1/C=C(\C)[N+](=O)[O-].CC. The topological polar surface area (TPSA) is 48.1 Å². The minimum Gasteiger partial charge on any atom is -0.350 e. The Hall–Kier alpha value is -1.84. The number of rotatable bonds is 3. The van der Waals surface area contributed by atoms with E-state index in [1.54, 1.807) is 6.08 Å². The standard InChI is InChI=1S/C10H12N2O2.C2H6/c1-4-9-5-6-11(3)10(9)7-8(2)12(13)14;1-2/h4-7H,1H2,2-3H3;1-2H3/b8-7+;. The Morgan fingerprint density at radius 3 is 2.56 bits per heavy atom. The van der Waals surface area contributed by atoms with Crippen molar-refractivity contribution in [3.05, 3.63) is 45.9 Å². The van der Waals surface area contributed by atoms with Crippen molar-refractivity contribution in [3.63, 3.8) is 0 Å². The summed E-state index contributed by atoms with van der Waals surface area (Å²) in [6.45, 7) is 9.12. The van der Waals surface area contributed by atoms with Gasteiger partial charge in [0.15, 0.2) is 0 Å². The van der Waals surface area contributed by atoms with Gasteiger partial charge >= 0.3 is 0 Å². The molecule has 0 saturated carbocycles. The van der Waals surface area contributed by atoms with E-state index in [0.29, 0.717) is 0 Å². The van der Waals surface area contributed by atoms with Crippen molar-refractivity contribution < 1.29 is 4.92 Å². The van der Waals surface area contributed by atoms with Gasteiger partial charge in [-0.25, -0.2) is 0 Å². The zero-order valence-electron chi connectivity index (χ0n) is 10.2. The summed E-state index contributed by atoms with van der Waals surface area (Å²) in [6, 6.07) is 1.87. The van der Waals surface area contributed by atoms with Crippen molar-refractivity contribution in [2.24, 2.45) is 7.05 Å². The minimum absolute atomic E-state index is 0.120. The van der Waals surface area contributed by atoms with Gasteiger partial charge in [0.1, 0.15) is 0 Å². The lowest BCUT2D eigenvalue weighted by atomic mass is 10.2. The molecule has 88 valence electrons. The Balaban J connectivity index is 0.00000106. The third-order valence-corrected chi connectivity index (χ3v) is 2.01. The Morgan fingerprint density at radius 1 is 1.56 bits per heavy atom. The monoisotopic (exact) mass is 222 g/mol. The van der Waals surface area contributed by atoms with Crippen LogP contribution in [0.3, 0.4) is 0 Å². The normalized spacial score (nSPS) is 10.4. The van der Waals surface area contributed by atoms with Crippen LogP contribution in [0.4, 0.5) is 0 Å². The predicted octanol–water partition coefficient (Wildman–Crippen LogP) is 3.33. The maximum absolute atomic E-state index is 10.4. The Kier molecular flexibility index (Phi) is 5.85. The van der Waals surface area contributed by atoms with Gasteiger partial charge in [0.25, 0.3) is 0 Å². The molecule has 0 bridgehead atoms. The quantitative estimate of drug-likeness (QED) is 0.581. The van der Waals surface area contributed by atoms with Crippen LogP contribution < -0.4 is 0 Å². The first kappa shape index (κ1) is 14.2. The zero-order valence-corrected chi connectivity index (χ0v) is 10.2. The average molecular weight is 222 g/mol. The number of aromatic nitrogens is 1. The first-order chi connectivity index (χ1) is 7.56. The molecule has 0 aromatic carbocycles. The number of allylic oxidation sites excluding steroid dienone is 1. The highest BCUT2D eigenvalue weighted by molar-refractivity contribution is 5.62. The van der Waals surface area contributed by atoms with Gasteiger partial charge in [0.05, 0.1) is 10.6 Å². The molecule has 0 aliphatic rings. The highest BCUT2D eigenvalue weighted by Crippen LogP contribution is 2.15. The van der Waals surface area contributed by atoms with Gasteiger partial charge in [-0.05, 0) is 11.6 Å². The molecule has 0 N–H and O–H groups in total. The van der Waals surface area contributed by atoms with Gasteiger partial charge in [-0.1, -0.05) is 26.5 Å². The number of nitro groups is 1. The van der Waals surface area contributed by atoms with Crippen LogP contribution in [0.5, 0.6) is 0 Å². The predicted molar refractivity (Wildman–Crippen MR) is 67.5 cm³/mol. The molecule has 0 unspecified atom stereocenters. The van der Waals surface area contributed by atoms with Crippen molar-refractivity contribution >= 4 is 12.2 Å². The second-order valence-electron chi connectivity index (χ2n) is 3.01. The van der Waals surface area contributed by atoms with Crippen molar-refractivity contribution in [2.75, 3.05) is 0 Å². The summed E-state index contributed by atoms with van der Waals surface area (Å²) in [5.74, 6) is 0. The fraction of sp³-hybridized carbons (Fsp3) is 0.333. The van der Waals surface area contributed by atoms with Crippen molar-refractivity contribution in [3.8, 4) is 0 Å². The molecule has 1 aromatic rings. The summed E-state index contributed by atoms with van der Waals surface area (Å²) in [5, 5.41) is 10.4. The largest absolute Gasteiger partial charge is 0.350 e. The molecule has 16 heavy (non-hydrogen) atoms. The maximum Gasteiger partial charge on any atom is 0.245 e. The lowest BCUT2D eigenvalue weighted by molar-refractivity contribution is -0.422. The molecule has 4 nitrogen and oxygen atoms in total. The molecule has 0 saturated heterocycles. The molecule has 0 atom stereocenters. The minimum atomic E-state index is -0.403. The second kappa shape index (κ2) is 6.61. The Bertz CT molecular complexity index is 403. The molecule has 1 rings (SSSR count). The summed E-state index contributed by atoms with van der Waals surface area (Å²) in [4.78, 5) is 10.0. The molecule has 1 aromatic heterocycles. The molecule has 0 spiro atoms. The van der Waals surface area contributed by atoms with E-state index in [1.807, 2.05) is 37.7 Å². The summed E-state index contributed by atoms with van der Waals surface area (Å²) in [6.07, 6.45) is 5.06. The van der Waals surface area contributed by atoms with E-state index in [9.17, 15) is 10.1 Å². The third kappa shape index (κ3) is 3.38. The van der Waals surface area contributed by atoms with Crippen molar-refractivity contribution in [1.29, 1.82) is 0 Å².